The van der Waals surface area contributed by atoms with E-state index in [2.05, 4.69) is 15.8 Å². The summed E-state index contributed by atoms with van der Waals surface area (Å²) in [7, 11) is 0. The molecule has 1 saturated heterocycles. The highest BCUT2D eigenvalue weighted by Gasteiger charge is 2.23. The van der Waals surface area contributed by atoms with Crippen LogP contribution < -0.4 is 15.5 Å². The second kappa shape index (κ2) is 8.18. The summed E-state index contributed by atoms with van der Waals surface area (Å²) in [6, 6.07) is 18.1. The van der Waals surface area contributed by atoms with Crippen molar-refractivity contribution in [2.24, 2.45) is 0 Å². The van der Waals surface area contributed by atoms with E-state index in [0.717, 1.165) is 29.9 Å². The number of aromatic nitrogens is 1. The SMILES string of the molecule is Cc1cc(NC(=O)C(Nc2ccc(N3CCCC3=O)cc2)c2ccccc2)no1. The van der Waals surface area contributed by atoms with Crippen LogP contribution in [0.5, 0.6) is 0 Å². The second-order valence-electron chi connectivity index (χ2n) is 7.00. The van der Waals surface area contributed by atoms with Crippen LogP contribution >= 0.6 is 0 Å². The van der Waals surface area contributed by atoms with Crippen molar-refractivity contribution in [3.05, 3.63) is 72.0 Å². The van der Waals surface area contributed by atoms with Crippen LogP contribution in [0.2, 0.25) is 0 Å². The molecule has 0 bridgehead atoms. The lowest BCUT2D eigenvalue weighted by Crippen LogP contribution is -2.27. The van der Waals surface area contributed by atoms with Crippen LogP contribution in [0.4, 0.5) is 17.2 Å². The fourth-order valence-electron chi connectivity index (χ4n) is 3.39. The molecule has 1 fully saturated rings. The number of hydrogen-bond acceptors (Lipinski definition) is 5. The smallest absolute Gasteiger partial charge is 0.252 e. The Labute approximate surface area is 168 Å². The normalized spacial score (nSPS) is 14.7. The number of nitrogens with zero attached hydrogens (tertiary/aromatic N) is 2. The van der Waals surface area contributed by atoms with Gasteiger partial charge in [0.15, 0.2) is 5.82 Å². The van der Waals surface area contributed by atoms with Gasteiger partial charge in [-0.1, -0.05) is 35.5 Å². The summed E-state index contributed by atoms with van der Waals surface area (Å²) >= 11 is 0. The van der Waals surface area contributed by atoms with Gasteiger partial charge in [-0.3, -0.25) is 9.59 Å². The Balaban J connectivity index is 1.53. The summed E-state index contributed by atoms with van der Waals surface area (Å²) in [6.45, 7) is 2.51. The molecule has 1 aliphatic heterocycles. The molecular weight excluding hydrogens is 368 g/mol. The number of anilines is 3. The summed E-state index contributed by atoms with van der Waals surface area (Å²) in [6.07, 6.45) is 1.48. The number of benzene rings is 2. The van der Waals surface area contributed by atoms with E-state index in [1.807, 2.05) is 54.6 Å². The average Bonchev–Trinajstić information content (AvgIpc) is 3.35. The van der Waals surface area contributed by atoms with Crippen LogP contribution in [0, 0.1) is 6.92 Å². The molecule has 0 radical (unpaired) electrons. The van der Waals surface area contributed by atoms with Gasteiger partial charge in [0.05, 0.1) is 0 Å². The number of rotatable bonds is 6. The molecule has 2 heterocycles. The van der Waals surface area contributed by atoms with E-state index in [1.54, 1.807) is 17.9 Å². The highest BCUT2D eigenvalue weighted by atomic mass is 16.5. The highest BCUT2D eigenvalue weighted by Crippen LogP contribution is 2.26. The lowest BCUT2D eigenvalue weighted by molar-refractivity contribution is -0.117. The van der Waals surface area contributed by atoms with Crippen molar-refractivity contribution in [2.45, 2.75) is 25.8 Å². The number of amides is 2. The quantitative estimate of drug-likeness (QED) is 0.666. The molecule has 148 valence electrons. The predicted molar refractivity (Wildman–Crippen MR) is 111 cm³/mol. The van der Waals surface area contributed by atoms with E-state index in [9.17, 15) is 9.59 Å². The molecule has 1 aliphatic rings. The van der Waals surface area contributed by atoms with Gasteiger partial charge in [0, 0.05) is 30.4 Å². The Kier molecular flexibility index (Phi) is 5.29. The van der Waals surface area contributed by atoms with Crippen molar-refractivity contribution < 1.29 is 14.1 Å². The van der Waals surface area contributed by atoms with E-state index in [-0.39, 0.29) is 11.8 Å². The fraction of sp³-hybridized carbons (Fsp3) is 0.227. The first-order valence-corrected chi connectivity index (χ1v) is 9.56. The number of nitrogens with one attached hydrogen (secondary N) is 2. The average molecular weight is 390 g/mol. The molecule has 1 atom stereocenters. The fourth-order valence-corrected chi connectivity index (χ4v) is 3.39. The first-order chi connectivity index (χ1) is 14.1. The summed E-state index contributed by atoms with van der Waals surface area (Å²) in [5.41, 5.74) is 2.47. The van der Waals surface area contributed by atoms with Gasteiger partial charge < -0.3 is 20.1 Å². The van der Waals surface area contributed by atoms with Crippen molar-refractivity contribution >= 4 is 29.0 Å². The van der Waals surface area contributed by atoms with Gasteiger partial charge >= 0.3 is 0 Å². The Bertz CT molecular complexity index is 998. The minimum atomic E-state index is -0.618. The molecule has 4 rings (SSSR count). The highest BCUT2D eigenvalue weighted by molar-refractivity contribution is 5.97. The third kappa shape index (κ3) is 4.29. The van der Waals surface area contributed by atoms with Crippen LogP contribution in [0.1, 0.15) is 30.2 Å². The molecule has 7 heteroatoms. The van der Waals surface area contributed by atoms with Crippen molar-refractivity contribution in [2.75, 3.05) is 22.1 Å². The molecule has 0 spiro atoms. The second-order valence-corrected chi connectivity index (χ2v) is 7.00. The van der Waals surface area contributed by atoms with Gasteiger partial charge in [-0.25, -0.2) is 0 Å². The van der Waals surface area contributed by atoms with Crippen molar-refractivity contribution in [1.82, 2.24) is 5.16 Å². The van der Waals surface area contributed by atoms with Crippen LogP contribution in [0.15, 0.2) is 65.2 Å². The van der Waals surface area contributed by atoms with Crippen LogP contribution in [-0.2, 0) is 9.59 Å². The Hall–Kier alpha value is -3.61. The minimum absolute atomic E-state index is 0.148. The van der Waals surface area contributed by atoms with Gasteiger partial charge in [0.25, 0.3) is 5.91 Å². The van der Waals surface area contributed by atoms with E-state index in [4.69, 9.17) is 4.52 Å². The lowest BCUT2D eigenvalue weighted by Gasteiger charge is -2.20. The summed E-state index contributed by atoms with van der Waals surface area (Å²) in [5.74, 6) is 0.896. The lowest BCUT2D eigenvalue weighted by atomic mass is 10.1. The molecular formula is C22H22N4O3. The molecule has 1 aromatic heterocycles. The minimum Gasteiger partial charge on any atom is -0.370 e. The number of aryl methyl sites for hydroxylation is 1. The maximum absolute atomic E-state index is 12.9. The van der Waals surface area contributed by atoms with Gasteiger partial charge in [0.2, 0.25) is 5.91 Å². The standard InChI is InChI=1S/C22H22N4O3/c1-15-14-19(25-29-15)24-22(28)21(16-6-3-2-4-7-16)23-17-9-11-18(12-10-17)26-13-5-8-20(26)27/h2-4,6-7,9-12,14,21,23H,5,8,13H2,1H3,(H,24,25,28). The molecule has 3 aromatic rings. The van der Waals surface area contributed by atoms with E-state index >= 15 is 0 Å². The number of carbonyl (C=O) groups is 2. The summed E-state index contributed by atoms with van der Waals surface area (Å²) in [4.78, 5) is 26.7. The zero-order valence-corrected chi connectivity index (χ0v) is 16.1. The Morgan fingerprint density at radius 2 is 1.90 bits per heavy atom. The summed E-state index contributed by atoms with van der Waals surface area (Å²) in [5, 5.41) is 9.89. The van der Waals surface area contributed by atoms with E-state index in [0.29, 0.717) is 18.0 Å². The zero-order valence-electron chi connectivity index (χ0n) is 16.1. The van der Waals surface area contributed by atoms with Gasteiger partial charge in [-0.05, 0) is 43.2 Å². The monoisotopic (exact) mass is 390 g/mol. The molecule has 2 N–H and O–H groups in total. The van der Waals surface area contributed by atoms with Crippen molar-refractivity contribution in [3.8, 4) is 0 Å². The first-order valence-electron chi connectivity index (χ1n) is 9.56. The predicted octanol–water partition coefficient (Wildman–Crippen LogP) is 3.90. The van der Waals surface area contributed by atoms with Crippen LogP contribution in [0.25, 0.3) is 0 Å². The van der Waals surface area contributed by atoms with Crippen LogP contribution in [0.3, 0.4) is 0 Å². The van der Waals surface area contributed by atoms with Crippen molar-refractivity contribution in [3.63, 3.8) is 0 Å². The molecule has 2 aromatic carbocycles. The van der Waals surface area contributed by atoms with E-state index in [1.165, 1.54) is 0 Å². The van der Waals surface area contributed by atoms with Gasteiger partial charge in [-0.15, -0.1) is 0 Å². The Morgan fingerprint density at radius 1 is 1.14 bits per heavy atom. The van der Waals surface area contributed by atoms with Gasteiger partial charge in [0.1, 0.15) is 11.8 Å². The molecule has 29 heavy (non-hydrogen) atoms. The molecule has 7 nitrogen and oxygen atoms in total. The molecule has 0 saturated carbocycles. The number of carbonyl (C=O) groups excluding carboxylic acids is 2. The van der Waals surface area contributed by atoms with E-state index < -0.39 is 6.04 Å². The largest absolute Gasteiger partial charge is 0.370 e. The maximum Gasteiger partial charge on any atom is 0.252 e. The van der Waals surface area contributed by atoms with Crippen molar-refractivity contribution in [1.29, 1.82) is 0 Å². The maximum atomic E-state index is 12.9. The summed E-state index contributed by atoms with van der Waals surface area (Å²) < 4.78 is 5.02. The topological polar surface area (TPSA) is 87.5 Å². The third-order valence-corrected chi connectivity index (χ3v) is 4.84. The molecule has 1 unspecified atom stereocenters. The molecule has 0 aliphatic carbocycles. The number of hydrogen-bond donors (Lipinski definition) is 2. The molecule has 2 amide bonds. The third-order valence-electron chi connectivity index (χ3n) is 4.84. The first kappa shape index (κ1) is 18.7. The Morgan fingerprint density at radius 3 is 2.52 bits per heavy atom. The van der Waals surface area contributed by atoms with Gasteiger partial charge in [-0.2, -0.15) is 0 Å². The zero-order chi connectivity index (χ0) is 20.2. The van der Waals surface area contributed by atoms with Crippen LogP contribution in [-0.4, -0.2) is 23.5 Å².